The Morgan fingerprint density at radius 3 is 2.24 bits per heavy atom. The van der Waals surface area contributed by atoms with Gasteiger partial charge in [0.2, 0.25) is 0 Å². The molecule has 29 heavy (non-hydrogen) atoms. The normalized spacial score (nSPS) is 11.6. The van der Waals surface area contributed by atoms with E-state index >= 15 is 0 Å². The number of fused-ring (bicyclic) bond motifs is 2. The Balaban J connectivity index is 0.000000166. The van der Waals surface area contributed by atoms with Crippen LogP contribution < -0.4 is 0 Å². The van der Waals surface area contributed by atoms with Gasteiger partial charge in [0.25, 0.3) is 0 Å². The second kappa shape index (κ2) is 8.97. The highest BCUT2D eigenvalue weighted by atomic mass is 79.9. The van der Waals surface area contributed by atoms with Crippen LogP contribution in [0, 0.1) is 0 Å². The lowest BCUT2D eigenvalue weighted by Gasteiger charge is -2.05. The predicted octanol–water partition coefficient (Wildman–Crippen LogP) is 5.53. The van der Waals surface area contributed by atoms with Crippen LogP contribution >= 0.6 is 31.9 Å². The maximum atomic E-state index is 11.4. The van der Waals surface area contributed by atoms with Crippen molar-refractivity contribution in [2.75, 3.05) is 14.2 Å². The summed E-state index contributed by atoms with van der Waals surface area (Å²) in [6.07, 6.45) is 6.98. The van der Waals surface area contributed by atoms with E-state index < -0.39 is 0 Å². The molecule has 5 nitrogen and oxygen atoms in total. The van der Waals surface area contributed by atoms with Crippen LogP contribution in [0.2, 0.25) is 0 Å². The summed E-state index contributed by atoms with van der Waals surface area (Å²) in [5.41, 5.74) is 4.49. The molecular formula is C22H19Br2NO4. The number of rotatable bonds is 2. The molecule has 2 aromatic carbocycles. The molecule has 0 saturated heterocycles. The summed E-state index contributed by atoms with van der Waals surface area (Å²) in [4.78, 5) is 22.7. The Kier molecular flexibility index (Phi) is 6.59. The second-order valence-electron chi connectivity index (χ2n) is 6.44. The largest absolute Gasteiger partial charge is 0.465 e. The van der Waals surface area contributed by atoms with Gasteiger partial charge in [-0.2, -0.15) is 0 Å². The average Bonchev–Trinajstić information content (AvgIpc) is 3.34. The molecule has 150 valence electrons. The van der Waals surface area contributed by atoms with E-state index in [2.05, 4.69) is 53.5 Å². The van der Waals surface area contributed by atoms with Gasteiger partial charge in [0.15, 0.2) is 0 Å². The molecule has 0 saturated carbocycles. The van der Waals surface area contributed by atoms with Crippen molar-refractivity contribution in [2.24, 2.45) is 7.05 Å². The third-order valence-corrected chi connectivity index (χ3v) is 5.94. The van der Waals surface area contributed by atoms with Gasteiger partial charge in [0.05, 0.1) is 25.3 Å². The molecule has 7 heteroatoms. The quantitative estimate of drug-likeness (QED) is 0.417. The number of hydrogen-bond donors (Lipinski definition) is 0. The first-order valence-electron chi connectivity index (χ1n) is 8.76. The monoisotopic (exact) mass is 519 g/mol. The first-order chi connectivity index (χ1) is 13.8. The predicted molar refractivity (Wildman–Crippen MR) is 120 cm³/mol. The van der Waals surface area contributed by atoms with Crippen LogP contribution in [0.25, 0.3) is 17.0 Å². The molecule has 0 N–H and O–H groups in total. The zero-order valence-electron chi connectivity index (χ0n) is 16.2. The lowest BCUT2D eigenvalue weighted by atomic mass is 10.1. The first-order valence-corrected chi connectivity index (χ1v) is 10.3. The molecule has 0 amide bonds. The maximum absolute atomic E-state index is 11.4. The van der Waals surface area contributed by atoms with Gasteiger partial charge in [0, 0.05) is 33.1 Å². The highest BCUT2D eigenvalue weighted by Crippen LogP contribution is 2.29. The van der Waals surface area contributed by atoms with Crippen molar-refractivity contribution in [3.05, 3.63) is 73.8 Å². The molecule has 4 rings (SSSR count). The number of aromatic nitrogens is 1. The summed E-state index contributed by atoms with van der Waals surface area (Å²) in [6, 6.07) is 9.27. The van der Waals surface area contributed by atoms with E-state index in [1.165, 1.54) is 19.8 Å². The number of halogens is 2. The standard InChI is InChI=1S/C11H10BrNO2.C11H9BrO2/c1-13-4-3-8-9(12)5-7(6-10(8)13)11(14)15-2;1-14-11(13)8-5-7-3-2-4-9(7)10(12)6-8/h3-6H,1-2H3;2,4-6H,3H2,1H3. The van der Waals surface area contributed by atoms with E-state index in [0.29, 0.717) is 11.1 Å². The van der Waals surface area contributed by atoms with Crippen molar-refractivity contribution >= 4 is 60.8 Å². The molecule has 0 aliphatic heterocycles. The van der Waals surface area contributed by atoms with E-state index in [1.54, 1.807) is 12.1 Å². The van der Waals surface area contributed by atoms with E-state index in [-0.39, 0.29) is 11.9 Å². The van der Waals surface area contributed by atoms with E-state index in [1.807, 2.05) is 36.0 Å². The minimum atomic E-state index is -0.321. The molecule has 3 aromatic rings. The SMILES string of the molecule is COC(=O)c1cc(Br)c2c(c1)CC=C2.COC(=O)c1cc(Br)c2ccn(C)c2c1. The number of aryl methyl sites for hydroxylation is 1. The van der Waals surface area contributed by atoms with Crippen LogP contribution in [0.1, 0.15) is 31.8 Å². The van der Waals surface area contributed by atoms with Gasteiger partial charge >= 0.3 is 11.9 Å². The Bertz CT molecular complexity index is 1130. The van der Waals surface area contributed by atoms with Crippen LogP contribution in [0.4, 0.5) is 0 Å². The highest BCUT2D eigenvalue weighted by Gasteiger charge is 2.14. The summed E-state index contributed by atoms with van der Waals surface area (Å²) in [7, 11) is 4.71. The zero-order chi connectivity index (χ0) is 21.1. The topological polar surface area (TPSA) is 57.5 Å². The fraction of sp³-hybridized carbons (Fsp3) is 0.182. The fourth-order valence-corrected chi connectivity index (χ4v) is 4.35. The van der Waals surface area contributed by atoms with Crippen LogP contribution in [-0.4, -0.2) is 30.7 Å². The highest BCUT2D eigenvalue weighted by molar-refractivity contribution is 9.11. The molecule has 0 bridgehead atoms. The average molecular weight is 521 g/mol. The van der Waals surface area contributed by atoms with Gasteiger partial charge in [-0.1, -0.05) is 44.0 Å². The van der Waals surface area contributed by atoms with Gasteiger partial charge in [-0.3, -0.25) is 0 Å². The summed E-state index contributed by atoms with van der Waals surface area (Å²) in [5, 5.41) is 1.09. The summed E-state index contributed by atoms with van der Waals surface area (Å²) in [5.74, 6) is -0.612. The third-order valence-electron chi connectivity index (χ3n) is 4.63. The first kappa shape index (κ1) is 21.3. The molecular weight excluding hydrogens is 502 g/mol. The minimum absolute atomic E-state index is 0.291. The fourth-order valence-electron chi connectivity index (χ4n) is 3.13. The molecule has 1 aliphatic rings. The van der Waals surface area contributed by atoms with Crippen LogP contribution in [0.3, 0.4) is 0 Å². The maximum Gasteiger partial charge on any atom is 0.337 e. The molecule has 0 fully saturated rings. The number of carbonyl (C=O) groups excluding carboxylic acids is 2. The third kappa shape index (κ3) is 4.46. The number of methoxy groups -OCH3 is 2. The van der Waals surface area contributed by atoms with Gasteiger partial charge in [-0.25, -0.2) is 9.59 Å². The lowest BCUT2D eigenvalue weighted by molar-refractivity contribution is 0.0592. The molecule has 0 unspecified atom stereocenters. The second-order valence-corrected chi connectivity index (χ2v) is 8.15. The minimum Gasteiger partial charge on any atom is -0.465 e. The van der Waals surface area contributed by atoms with E-state index in [4.69, 9.17) is 0 Å². The van der Waals surface area contributed by atoms with E-state index in [9.17, 15) is 9.59 Å². The van der Waals surface area contributed by atoms with Gasteiger partial charge in [0.1, 0.15) is 0 Å². The van der Waals surface area contributed by atoms with Gasteiger partial charge < -0.3 is 14.0 Å². The van der Waals surface area contributed by atoms with Crippen LogP contribution in [0.15, 0.2) is 51.6 Å². The van der Waals surface area contributed by atoms with Crippen molar-refractivity contribution < 1.29 is 19.1 Å². The molecule has 0 atom stereocenters. The van der Waals surface area contributed by atoms with Crippen molar-refractivity contribution in [3.8, 4) is 0 Å². The number of esters is 2. The van der Waals surface area contributed by atoms with Gasteiger partial charge in [-0.15, -0.1) is 0 Å². The summed E-state index contributed by atoms with van der Waals surface area (Å²) in [6.45, 7) is 0. The van der Waals surface area contributed by atoms with E-state index in [0.717, 1.165) is 31.8 Å². The summed E-state index contributed by atoms with van der Waals surface area (Å²) < 4.78 is 13.2. The van der Waals surface area contributed by atoms with Crippen LogP contribution in [-0.2, 0) is 22.9 Å². The Labute approximate surface area is 185 Å². The number of carbonyl (C=O) groups is 2. The van der Waals surface area contributed by atoms with Crippen molar-refractivity contribution in [3.63, 3.8) is 0 Å². The van der Waals surface area contributed by atoms with Gasteiger partial charge in [-0.05, 0) is 47.9 Å². The molecule has 1 aliphatic carbocycles. The van der Waals surface area contributed by atoms with Crippen molar-refractivity contribution in [1.82, 2.24) is 4.57 Å². The number of hydrogen-bond acceptors (Lipinski definition) is 4. The van der Waals surface area contributed by atoms with Crippen molar-refractivity contribution in [2.45, 2.75) is 6.42 Å². The number of benzene rings is 2. The van der Waals surface area contributed by atoms with Crippen LogP contribution in [0.5, 0.6) is 0 Å². The lowest BCUT2D eigenvalue weighted by Crippen LogP contribution is -2.02. The number of allylic oxidation sites excluding steroid dienone is 1. The number of nitrogens with zero attached hydrogens (tertiary/aromatic N) is 1. The van der Waals surface area contributed by atoms with Crippen molar-refractivity contribution in [1.29, 1.82) is 0 Å². The molecule has 0 radical (unpaired) electrons. The Morgan fingerprint density at radius 2 is 1.59 bits per heavy atom. The smallest absolute Gasteiger partial charge is 0.337 e. The molecule has 0 spiro atoms. The summed E-state index contributed by atoms with van der Waals surface area (Å²) >= 11 is 6.87. The molecule has 1 aromatic heterocycles. The Hall–Kier alpha value is -2.38. The molecule has 1 heterocycles. The number of ether oxygens (including phenoxy) is 2. The Morgan fingerprint density at radius 1 is 0.966 bits per heavy atom. The zero-order valence-corrected chi connectivity index (χ0v) is 19.3.